The molecule has 0 heterocycles. The van der Waals surface area contributed by atoms with E-state index in [1.807, 2.05) is 24.3 Å². The molecule has 2 aromatic carbocycles. The fraction of sp³-hybridized carbons (Fsp3) is 0.429. The minimum atomic E-state index is -3.67. The monoisotopic (exact) mass is 494 g/mol. The van der Waals surface area contributed by atoms with Gasteiger partial charge in [0.1, 0.15) is 0 Å². The number of hydrogen-bond acceptors (Lipinski definition) is 0. The molecule has 0 atom stereocenters. The van der Waals surface area contributed by atoms with Gasteiger partial charge in [-0.05, 0) is 10.8 Å². The molecule has 0 saturated heterocycles. The molecule has 2 rings (SSSR count). The van der Waals surface area contributed by atoms with Gasteiger partial charge >= 0.3 is 26.2 Å². The molecule has 0 aliphatic carbocycles. The van der Waals surface area contributed by atoms with Crippen molar-refractivity contribution in [2.45, 2.75) is 59.1 Å². The molecule has 0 saturated carbocycles. The van der Waals surface area contributed by atoms with E-state index >= 15 is 0 Å². The van der Waals surface area contributed by atoms with E-state index in [0.717, 1.165) is 0 Å². The average molecular weight is 493 g/mol. The summed E-state index contributed by atoms with van der Waals surface area (Å²) in [6.45, 7) is 9.60. The summed E-state index contributed by atoms with van der Waals surface area (Å²) in [6.07, 6.45) is 0. The Labute approximate surface area is 180 Å². The fourth-order valence-corrected chi connectivity index (χ4v) is 1.77. The first-order valence-electron chi connectivity index (χ1n) is 7.80. The number of rotatable bonds is 0. The van der Waals surface area contributed by atoms with Gasteiger partial charge in [0, 0.05) is 17.1 Å². The molecule has 26 heavy (non-hydrogen) atoms. The van der Waals surface area contributed by atoms with Crippen molar-refractivity contribution in [3.63, 3.8) is 0 Å². The number of halogens is 3. The van der Waals surface area contributed by atoms with Gasteiger partial charge in [0.2, 0.25) is 0 Å². The van der Waals surface area contributed by atoms with Crippen molar-refractivity contribution in [2.75, 3.05) is 0 Å². The van der Waals surface area contributed by atoms with Crippen LogP contribution < -0.4 is 0 Å². The Morgan fingerprint density at radius 1 is 0.654 bits per heavy atom. The fourth-order valence-electron chi connectivity index (χ4n) is 1.77. The molecule has 0 aliphatic rings. The van der Waals surface area contributed by atoms with Crippen molar-refractivity contribution in [2.24, 2.45) is 0 Å². The minimum Gasteiger partial charge on any atom is -0.184 e. The van der Waals surface area contributed by atoms with Gasteiger partial charge in [0.15, 0.2) is 0 Å². The molecular formula is C21H27F3FeRu. The SMILES string of the molecule is CC(C)(C)c1cc[c-]cc1.CC(C)(C)c1cc[c-]cc1.FC(F)F.[Fe].[Ru+2]. The van der Waals surface area contributed by atoms with Gasteiger partial charge in [-0.25, -0.2) is 0 Å². The summed E-state index contributed by atoms with van der Waals surface area (Å²) in [5, 5.41) is 0. The zero-order valence-electron chi connectivity index (χ0n) is 16.0. The Morgan fingerprint density at radius 2 is 0.846 bits per heavy atom. The van der Waals surface area contributed by atoms with Gasteiger partial charge in [-0.15, -0.1) is 0 Å². The summed E-state index contributed by atoms with van der Waals surface area (Å²) in [6, 6.07) is 22.3. The molecule has 0 spiro atoms. The van der Waals surface area contributed by atoms with Crippen LogP contribution in [0.15, 0.2) is 48.5 Å². The summed E-state index contributed by atoms with van der Waals surface area (Å²) < 4.78 is 29.0. The predicted molar refractivity (Wildman–Crippen MR) is 95.1 cm³/mol. The van der Waals surface area contributed by atoms with Crippen LogP contribution in [0.4, 0.5) is 13.2 Å². The van der Waals surface area contributed by atoms with E-state index in [0.29, 0.717) is 0 Å². The second-order valence-corrected chi connectivity index (χ2v) is 7.32. The van der Waals surface area contributed by atoms with Crippen LogP contribution in [0, 0.1) is 12.1 Å². The van der Waals surface area contributed by atoms with Crippen LogP contribution in [-0.4, -0.2) is 6.68 Å². The first-order chi connectivity index (χ1) is 10.9. The third kappa shape index (κ3) is 15.6. The number of alkyl halides is 3. The summed E-state index contributed by atoms with van der Waals surface area (Å²) in [5.74, 6) is 0. The van der Waals surface area contributed by atoms with E-state index < -0.39 is 6.68 Å². The zero-order chi connectivity index (χ0) is 18.8. The average Bonchev–Trinajstić information content (AvgIpc) is 2.47. The quantitative estimate of drug-likeness (QED) is 0.282. The molecule has 5 heteroatoms. The van der Waals surface area contributed by atoms with Crippen LogP contribution in [0.1, 0.15) is 52.7 Å². The standard InChI is InChI=1S/2C10H13.CHF3.Fe.Ru/c2*1-10(2,3)9-7-5-4-6-8-9;2-1(3)4;;/h2*5-8H,1-3H3;1H;;/q2*-1;;;+2. The molecule has 0 amide bonds. The van der Waals surface area contributed by atoms with E-state index in [2.05, 4.69) is 77.9 Å². The van der Waals surface area contributed by atoms with Crippen molar-refractivity contribution >= 4 is 0 Å². The van der Waals surface area contributed by atoms with Crippen LogP contribution in [0.2, 0.25) is 0 Å². The Balaban J connectivity index is -0.000000319. The van der Waals surface area contributed by atoms with Gasteiger partial charge in [-0.3, -0.25) is 0 Å². The smallest absolute Gasteiger partial charge is 0.184 e. The molecule has 0 fully saturated rings. The number of benzene rings is 2. The van der Waals surface area contributed by atoms with Crippen molar-refractivity contribution in [1.82, 2.24) is 0 Å². The molecule has 0 bridgehead atoms. The van der Waals surface area contributed by atoms with Crippen molar-refractivity contribution in [3.05, 3.63) is 71.8 Å². The first-order valence-corrected chi connectivity index (χ1v) is 7.80. The van der Waals surface area contributed by atoms with Crippen LogP contribution in [0.3, 0.4) is 0 Å². The van der Waals surface area contributed by atoms with Gasteiger partial charge in [-0.1, -0.05) is 41.5 Å². The Morgan fingerprint density at radius 3 is 0.962 bits per heavy atom. The van der Waals surface area contributed by atoms with E-state index in [-0.39, 0.29) is 47.4 Å². The van der Waals surface area contributed by atoms with Crippen LogP contribution in [0.5, 0.6) is 0 Å². The maximum atomic E-state index is 9.67. The number of hydrogen-bond donors (Lipinski definition) is 0. The molecule has 0 radical (unpaired) electrons. The van der Waals surface area contributed by atoms with Gasteiger partial charge in [0.25, 0.3) is 0 Å². The minimum absolute atomic E-state index is 0. The maximum absolute atomic E-state index is 9.67. The second-order valence-electron chi connectivity index (χ2n) is 7.32. The molecule has 0 nitrogen and oxygen atoms in total. The predicted octanol–water partition coefficient (Wildman–Crippen LogP) is 6.74. The van der Waals surface area contributed by atoms with Crippen LogP contribution in [0.25, 0.3) is 0 Å². The third-order valence-corrected chi connectivity index (χ3v) is 3.17. The first kappa shape index (κ1) is 30.1. The topological polar surface area (TPSA) is 0 Å². The second kappa shape index (κ2) is 14.4. The Bertz CT molecular complexity index is 495. The van der Waals surface area contributed by atoms with Crippen LogP contribution in [-0.2, 0) is 47.4 Å². The summed E-state index contributed by atoms with van der Waals surface area (Å²) in [4.78, 5) is 0. The summed E-state index contributed by atoms with van der Waals surface area (Å²) >= 11 is 0. The van der Waals surface area contributed by atoms with Gasteiger partial charge in [-0.2, -0.15) is 85.0 Å². The van der Waals surface area contributed by atoms with Gasteiger partial charge < -0.3 is 0 Å². The Hall–Kier alpha value is -0.627. The molecule has 0 unspecified atom stereocenters. The third-order valence-electron chi connectivity index (χ3n) is 3.17. The zero-order valence-corrected chi connectivity index (χ0v) is 18.9. The molecular weight excluding hydrogens is 466 g/mol. The molecule has 0 aromatic heterocycles. The van der Waals surface area contributed by atoms with E-state index in [9.17, 15) is 13.2 Å². The maximum Gasteiger partial charge on any atom is 2.00 e. The molecule has 0 aliphatic heterocycles. The molecule has 2 aromatic rings. The molecule has 148 valence electrons. The summed E-state index contributed by atoms with van der Waals surface area (Å²) in [7, 11) is 0. The van der Waals surface area contributed by atoms with E-state index in [4.69, 9.17) is 0 Å². The largest absolute Gasteiger partial charge is 2.00 e. The normalized spacial score (nSPS) is 10.2. The summed E-state index contributed by atoms with van der Waals surface area (Å²) in [5.41, 5.74) is 3.28. The van der Waals surface area contributed by atoms with Crippen molar-refractivity contribution in [1.29, 1.82) is 0 Å². The van der Waals surface area contributed by atoms with E-state index in [1.165, 1.54) is 11.1 Å². The van der Waals surface area contributed by atoms with Gasteiger partial charge in [0.05, 0.1) is 0 Å². The Kier molecular flexibility index (Phi) is 16.7. The van der Waals surface area contributed by atoms with Crippen LogP contribution >= 0.6 is 0 Å². The van der Waals surface area contributed by atoms with E-state index in [1.54, 1.807) is 0 Å². The van der Waals surface area contributed by atoms with Crippen molar-refractivity contribution in [3.8, 4) is 0 Å². The molecule has 0 N–H and O–H groups in total. The van der Waals surface area contributed by atoms with Crippen molar-refractivity contribution < 1.29 is 49.7 Å².